The zero-order valence-electron chi connectivity index (χ0n) is 12.7. The van der Waals surface area contributed by atoms with E-state index in [1.807, 2.05) is 18.2 Å². The minimum Gasteiger partial charge on any atom is -0.461 e. The molecule has 0 aliphatic carbocycles. The summed E-state index contributed by atoms with van der Waals surface area (Å²) in [6, 6.07) is 7.14. The molecule has 0 fully saturated rings. The van der Waals surface area contributed by atoms with Gasteiger partial charge >= 0.3 is 6.01 Å². The lowest BCUT2D eigenvalue weighted by atomic mass is 10.1. The van der Waals surface area contributed by atoms with E-state index in [2.05, 4.69) is 25.8 Å². The highest BCUT2D eigenvalue weighted by Gasteiger charge is 2.16. The number of nitrogen functional groups attached to an aromatic ring is 1. The maximum absolute atomic E-state index is 11.3. The van der Waals surface area contributed by atoms with Gasteiger partial charge in [0, 0.05) is 11.8 Å². The minimum absolute atomic E-state index is 0.0101. The molecule has 1 aromatic heterocycles. The summed E-state index contributed by atoms with van der Waals surface area (Å²) in [4.78, 5) is 19.3. The van der Waals surface area contributed by atoms with Crippen LogP contribution in [0.5, 0.6) is 6.01 Å². The molecule has 9 heteroatoms. The van der Waals surface area contributed by atoms with Gasteiger partial charge in [-0.1, -0.05) is 6.07 Å². The number of fused-ring (bicyclic) bond motifs is 1. The Balaban J connectivity index is 1.67. The van der Waals surface area contributed by atoms with E-state index in [-0.39, 0.29) is 30.9 Å². The quantitative estimate of drug-likeness (QED) is 0.444. The number of nitrogens with two attached hydrogens (primary N) is 1. The van der Waals surface area contributed by atoms with Crippen LogP contribution in [-0.4, -0.2) is 40.4 Å². The molecule has 0 bridgehead atoms. The van der Waals surface area contributed by atoms with Gasteiger partial charge in [-0.3, -0.25) is 10.2 Å². The summed E-state index contributed by atoms with van der Waals surface area (Å²) >= 11 is 0. The maximum Gasteiger partial charge on any atom is 0.320 e. The van der Waals surface area contributed by atoms with Gasteiger partial charge < -0.3 is 20.9 Å². The molecule has 0 saturated carbocycles. The molecule has 1 aromatic carbocycles. The van der Waals surface area contributed by atoms with Crippen LogP contribution >= 0.6 is 0 Å². The van der Waals surface area contributed by atoms with E-state index >= 15 is 0 Å². The Hall–Kier alpha value is -3.20. The van der Waals surface area contributed by atoms with Crippen LogP contribution in [0.25, 0.3) is 0 Å². The SMILES string of the molecule is Nc1cc(N/N=C/c2ccc3c(c2)CC(=O)N3)nc(OCCO)n1. The topological polar surface area (TPSA) is 135 Å². The summed E-state index contributed by atoms with van der Waals surface area (Å²) in [5.74, 6) is 0.575. The third-order valence-corrected chi connectivity index (χ3v) is 3.20. The molecule has 1 aliphatic rings. The summed E-state index contributed by atoms with van der Waals surface area (Å²) in [7, 11) is 0. The predicted octanol–water partition coefficient (Wildman–Crippen LogP) is 0.370. The molecule has 0 atom stereocenters. The molecule has 1 amide bonds. The molecule has 2 heterocycles. The van der Waals surface area contributed by atoms with Gasteiger partial charge in [0.25, 0.3) is 0 Å². The first-order valence-electron chi connectivity index (χ1n) is 7.24. The van der Waals surface area contributed by atoms with Gasteiger partial charge in [0.1, 0.15) is 12.4 Å². The first kappa shape index (κ1) is 15.7. The summed E-state index contributed by atoms with van der Waals surface area (Å²) in [6.45, 7) is -0.0667. The number of aliphatic hydroxyl groups is 1. The van der Waals surface area contributed by atoms with Crippen molar-refractivity contribution >= 4 is 29.4 Å². The van der Waals surface area contributed by atoms with Crippen molar-refractivity contribution in [1.82, 2.24) is 9.97 Å². The van der Waals surface area contributed by atoms with E-state index < -0.39 is 0 Å². The Morgan fingerprint density at radius 3 is 3.12 bits per heavy atom. The zero-order valence-corrected chi connectivity index (χ0v) is 12.7. The second kappa shape index (κ2) is 6.92. The van der Waals surface area contributed by atoms with Crippen molar-refractivity contribution in [3.63, 3.8) is 0 Å². The molecular formula is C15H16N6O3. The normalized spacial score (nSPS) is 13.0. The van der Waals surface area contributed by atoms with E-state index in [9.17, 15) is 4.79 Å². The summed E-state index contributed by atoms with van der Waals surface area (Å²) in [5, 5.41) is 15.6. The van der Waals surface area contributed by atoms with Gasteiger partial charge in [-0.15, -0.1) is 0 Å². The average Bonchev–Trinajstić information content (AvgIpc) is 2.92. The van der Waals surface area contributed by atoms with Gasteiger partial charge in [0.05, 0.1) is 19.2 Å². The fourth-order valence-electron chi connectivity index (χ4n) is 2.20. The number of carbonyl (C=O) groups is 1. The standard InChI is InChI=1S/C15H16N6O3/c16-12-7-13(20-15(19-12)24-4-3-22)21-17-8-9-1-2-11-10(5-9)6-14(23)18-11/h1-2,5,7-8,22H,3-4,6H2,(H,18,23)(H3,16,19,20,21)/b17-8+. The van der Waals surface area contributed by atoms with Crippen molar-refractivity contribution in [2.45, 2.75) is 6.42 Å². The number of carbonyl (C=O) groups excluding carboxylic acids is 1. The molecule has 0 unspecified atom stereocenters. The number of nitrogens with one attached hydrogen (secondary N) is 2. The van der Waals surface area contributed by atoms with Crippen molar-refractivity contribution < 1.29 is 14.6 Å². The number of rotatable bonds is 6. The van der Waals surface area contributed by atoms with Crippen LogP contribution in [0.1, 0.15) is 11.1 Å². The number of aliphatic hydroxyl groups excluding tert-OH is 1. The summed E-state index contributed by atoms with van der Waals surface area (Å²) < 4.78 is 5.12. The van der Waals surface area contributed by atoms with Crippen LogP contribution in [0.4, 0.5) is 17.3 Å². The Morgan fingerprint density at radius 1 is 1.42 bits per heavy atom. The van der Waals surface area contributed by atoms with Crippen molar-refractivity contribution in [1.29, 1.82) is 0 Å². The van der Waals surface area contributed by atoms with Crippen LogP contribution in [0.3, 0.4) is 0 Å². The molecule has 24 heavy (non-hydrogen) atoms. The molecule has 0 spiro atoms. The fraction of sp³-hybridized carbons (Fsp3) is 0.200. The smallest absolute Gasteiger partial charge is 0.320 e. The highest BCUT2D eigenvalue weighted by molar-refractivity contribution is 6.00. The van der Waals surface area contributed by atoms with Gasteiger partial charge in [-0.25, -0.2) is 0 Å². The second-order valence-corrected chi connectivity index (χ2v) is 5.04. The Morgan fingerprint density at radius 2 is 2.29 bits per heavy atom. The fourth-order valence-corrected chi connectivity index (χ4v) is 2.20. The highest BCUT2D eigenvalue weighted by Crippen LogP contribution is 2.23. The van der Waals surface area contributed by atoms with Crippen LogP contribution in [-0.2, 0) is 11.2 Å². The Labute approximate surface area is 137 Å². The molecule has 3 rings (SSSR count). The average molecular weight is 328 g/mol. The Kier molecular flexibility index (Phi) is 4.52. The van der Waals surface area contributed by atoms with Crippen LogP contribution in [0, 0.1) is 0 Å². The van der Waals surface area contributed by atoms with E-state index in [0.29, 0.717) is 12.2 Å². The largest absolute Gasteiger partial charge is 0.461 e. The molecule has 2 aromatic rings. The lowest BCUT2D eigenvalue weighted by molar-refractivity contribution is -0.115. The lowest BCUT2D eigenvalue weighted by Gasteiger charge is -2.05. The second-order valence-electron chi connectivity index (χ2n) is 5.04. The van der Waals surface area contributed by atoms with Gasteiger partial charge in [-0.05, 0) is 23.3 Å². The number of aromatic nitrogens is 2. The lowest BCUT2D eigenvalue weighted by Crippen LogP contribution is -2.07. The van der Waals surface area contributed by atoms with Gasteiger partial charge in [-0.2, -0.15) is 15.1 Å². The first-order valence-corrected chi connectivity index (χ1v) is 7.24. The first-order chi connectivity index (χ1) is 11.6. The minimum atomic E-state index is -0.144. The zero-order chi connectivity index (χ0) is 16.9. The molecule has 0 radical (unpaired) electrons. The van der Waals surface area contributed by atoms with Crippen LogP contribution < -0.4 is 21.2 Å². The Bertz CT molecular complexity index is 793. The number of anilines is 3. The van der Waals surface area contributed by atoms with E-state index in [4.69, 9.17) is 15.6 Å². The van der Waals surface area contributed by atoms with Crippen molar-refractivity contribution in [3.8, 4) is 6.01 Å². The molecular weight excluding hydrogens is 312 g/mol. The van der Waals surface area contributed by atoms with E-state index in [0.717, 1.165) is 16.8 Å². The number of amides is 1. The van der Waals surface area contributed by atoms with Crippen LogP contribution in [0.2, 0.25) is 0 Å². The number of nitrogens with zero attached hydrogens (tertiary/aromatic N) is 3. The molecule has 5 N–H and O–H groups in total. The monoisotopic (exact) mass is 328 g/mol. The van der Waals surface area contributed by atoms with Crippen molar-refractivity contribution in [2.75, 3.05) is 29.7 Å². The van der Waals surface area contributed by atoms with E-state index in [1.54, 1.807) is 6.21 Å². The third-order valence-electron chi connectivity index (χ3n) is 3.20. The van der Waals surface area contributed by atoms with E-state index in [1.165, 1.54) is 6.07 Å². The predicted molar refractivity (Wildman–Crippen MR) is 89.0 cm³/mol. The molecule has 9 nitrogen and oxygen atoms in total. The molecule has 0 saturated heterocycles. The molecule has 124 valence electrons. The maximum atomic E-state index is 11.3. The number of ether oxygens (including phenoxy) is 1. The van der Waals surface area contributed by atoms with Crippen molar-refractivity contribution in [3.05, 3.63) is 35.4 Å². The summed E-state index contributed by atoms with van der Waals surface area (Å²) in [6.07, 6.45) is 1.98. The summed E-state index contributed by atoms with van der Waals surface area (Å²) in [5.41, 5.74) is 11.0. The number of hydrogen-bond acceptors (Lipinski definition) is 8. The number of benzene rings is 1. The number of hydrogen-bond donors (Lipinski definition) is 4. The number of hydrazone groups is 1. The van der Waals surface area contributed by atoms with Crippen molar-refractivity contribution in [2.24, 2.45) is 5.10 Å². The van der Waals surface area contributed by atoms with Crippen LogP contribution in [0.15, 0.2) is 29.4 Å². The highest BCUT2D eigenvalue weighted by atomic mass is 16.5. The van der Waals surface area contributed by atoms with Gasteiger partial charge in [0.15, 0.2) is 5.82 Å². The molecule has 1 aliphatic heterocycles. The van der Waals surface area contributed by atoms with Gasteiger partial charge in [0.2, 0.25) is 5.91 Å². The third kappa shape index (κ3) is 3.76.